The molecule has 0 radical (unpaired) electrons. The molecule has 9 heteroatoms. The average Bonchev–Trinajstić information content (AvgIpc) is 2.56. The van der Waals surface area contributed by atoms with Crippen molar-refractivity contribution in [1.82, 2.24) is 9.97 Å². The first-order valence-corrected chi connectivity index (χ1v) is 9.54. The van der Waals surface area contributed by atoms with Crippen molar-refractivity contribution >= 4 is 50.6 Å². The number of sulfonamides is 1. The molecule has 0 aliphatic rings. The van der Waals surface area contributed by atoms with Crippen LogP contribution in [-0.4, -0.2) is 18.4 Å². The van der Waals surface area contributed by atoms with E-state index in [9.17, 15) is 8.42 Å². The lowest BCUT2D eigenvalue weighted by molar-refractivity contribution is 0.601. The van der Waals surface area contributed by atoms with Gasteiger partial charge in [-0.25, -0.2) is 18.4 Å². The highest BCUT2D eigenvalue weighted by Crippen LogP contribution is 2.34. The summed E-state index contributed by atoms with van der Waals surface area (Å²) in [5, 5.41) is 0.743. The summed E-state index contributed by atoms with van der Waals surface area (Å²) >= 11 is 18.0. The van der Waals surface area contributed by atoms with Gasteiger partial charge in [0.2, 0.25) is 0 Å². The van der Waals surface area contributed by atoms with Crippen molar-refractivity contribution in [3.63, 3.8) is 0 Å². The van der Waals surface area contributed by atoms with E-state index in [1.807, 2.05) is 0 Å². The first-order chi connectivity index (χ1) is 11.9. The van der Waals surface area contributed by atoms with E-state index in [2.05, 4.69) is 14.7 Å². The van der Waals surface area contributed by atoms with E-state index in [4.69, 9.17) is 34.8 Å². The van der Waals surface area contributed by atoms with E-state index >= 15 is 0 Å². The summed E-state index contributed by atoms with van der Waals surface area (Å²) in [7, 11) is -3.96. The topological polar surface area (TPSA) is 72.0 Å². The lowest BCUT2D eigenvalue weighted by atomic mass is 10.1. The lowest BCUT2D eigenvalue weighted by Crippen LogP contribution is -2.15. The van der Waals surface area contributed by atoms with Crippen LogP contribution < -0.4 is 4.72 Å². The maximum absolute atomic E-state index is 12.7. The summed E-state index contributed by atoms with van der Waals surface area (Å²) in [6.07, 6.45) is 1.17. The summed E-state index contributed by atoms with van der Waals surface area (Å²) < 4.78 is 27.7. The van der Waals surface area contributed by atoms with E-state index in [0.717, 1.165) is 0 Å². The molecule has 25 heavy (non-hydrogen) atoms. The number of benzene rings is 2. The van der Waals surface area contributed by atoms with E-state index in [0.29, 0.717) is 16.1 Å². The summed E-state index contributed by atoms with van der Waals surface area (Å²) in [5.74, 6) is 0.0437. The number of aromatic nitrogens is 2. The predicted octanol–water partition coefficient (Wildman–Crippen LogP) is 4.90. The van der Waals surface area contributed by atoms with Crippen molar-refractivity contribution in [2.45, 2.75) is 4.90 Å². The first kappa shape index (κ1) is 17.9. The standard InChI is InChI=1S/C16H10Cl3N3O2S/c17-11-7-5-10(6-8-11)14-15(19)20-9-21-16(14)22-25(23,24)13-4-2-1-3-12(13)18/h1-9H,(H,20,21,22). The molecule has 3 rings (SSSR count). The van der Waals surface area contributed by atoms with Crippen LogP contribution in [0.25, 0.3) is 11.1 Å². The minimum absolute atomic E-state index is 0.0437. The number of anilines is 1. The molecule has 1 heterocycles. The van der Waals surface area contributed by atoms with Crippen LogP contribution in [0.4, 0.5) is 5.82 Å². The van der Waals surface area contributed by atoms with Crippen LogP contribution in [-0.2, 0) is 10.0 Å². The Hall–Kier alpha value is -1.86. The molecular weight excluding hydrogens is 405 g/mol. The molecule has 1 aromatic heterocycles. The molecule has 0 aliphatic carbocycles. The number of halogens is 3. The average molecular weight is 415 g/mol. The molecule has 5 nitrogen and oxygen atoms in total. The van der Waals surface area contributed by atoms with Gasteiger partial charge in [-0.3, -0.25) is 4.72 Å². The second-order valence-corrected chi connectivity index (χ2v) is 7.78. The second kappa shape index (κ2) is 7.17. The molecule has 2 aromatic carbocycles. The normalized spacial score (nSPS) is 11.3. The van der Waals surface area contributed by atoms with Crippen molar-refractivity contribution in [1.29, 1.82) is 0 Å². The Morgan fingerprint density at radius 2 is 1.56 bits per heavy atom. The smallest absolute Gasteiger partial charge is 0.263 e. The maximum Gasteiger partial charge on any atom is 0.264 e. The third kappa shape index (κ3) is 3.88. The molecular formula is C16H10Cl3N3O2S. The Labute approximate surface area is 159 Å². The van der Waals surface area contributed by atoms with Crippen LogP contribution in [0, 0.1) is 0 Å². The number of nitrogens with zero attached hydrogens (tertiary/aromatic N) is 2. The molecule has 1 N–H and O–H groups in total. The second-order valence-electron chi connectivity index (χ2n) is 4.93. The fourth-order valence-electron chi connectivity index (χ4n) is 2.16. The highest BCUT2D eigenvalue weighted by atomic mass is 35.5. The summed E-state index contributed by atoms with van der Waals surface area (Å²) in [6, 6.07) is 12.8. The monoisotopic (exact) mass is 413 g/mol. The third-order valence-electron chi connectivity index (χ3n) is 3.29. The molecule has 0 bridgehead atoms. The number of rotatable bonds is 4. The van der Waals surface area contributed by atoms with E-state index < -0.39 is 10.0 Å². The van der Waals surface area contributed by atoms with Gasteiger partial charge in [0, 0.05) is 5.02 Å². The Morgan fingerprint density at radius 3 is 2.24 bits per heavy atom. The van der Waals surface area contributed by atoms with Gasteiger partial charge in [-0.1, -0.05) is 59.1 Å². The quantitative estimate of drug-likeness (QED) is 0.616. The lowest BCUT2D eigenvalue weighted by Gasteiger charge is -2.13. The van der Waals surface area contributed by atoms with Gasteiger partial charge in [0.05, 0.1) is 10.6 Å². The van der Waals surface area contributed by atoms with Crippen molar-refractivity contribution in [3.8, 4) is 11.1 Å². The van der Waals surface area contributed by atoms with E-state index in [1.54, 1.807) is 36.4 Å². The zero-order chi connectivity index (χ0) is 18.0. The summed E-state index contributed by atoms with van der Waals surface area (Å²) in [6.45, 7) is 0. The van der Waals surface area contributed by atoms with Gasteiger partial charge < -0.3 is 0 Å². The van der Waals surface area contributed by atoms with Gasteiger partial charge in [0.25, 0.3) is 10.0 Å². The van der Waals surface area contributed by atoms with Gasteiger partial charge in [-0.15, -0.1) is 0 Å². The minimum Gasteiger partial charge on any atom is -0.263 e. The van der Waals surface area contributed by atoms with Crippen LogP contribution in [0.5, 0.6) is 0 Å². The molecule has 0 amide bonds. The van der Waals surface area contributed by atoms with Gasteiger partial charge in [-0.05, 0) is 29.8 Å². The third-order valence-corrected chi connectivity index (χ3v) is 5.67. The van der Waals surface area contributed by atoms with Crippen molar-refractivity contribution < 1.29 is 8.42 Å². The van der Waals surface area contributed by atoms with Gasteiger partial charge >= 0.3 is 0 Å². The van der Waals surface area contributed by atoms with E-state index in [1.165, 1.54) is 18.5 Å². The highest BCUT2D eigenvalue weighted by Gasteiger charge is 2.21. The van der Waals surface area contributed by atoms with Crippen LogP contribution in [0.1, 0.15) is 0 Å². The fourth-order valence-corrected chi connectivity index (χ4v) is 4.07. The molecule has 3 aromatic rings. The van der Waals surface area contributed by atoms with Crippen molar-refractivity contribution in [3.05, 3.63) is 70.1 Å². The molecule has 0 saturated heterocycles. The molecule has 0 saturated carbocycles. The Balaban J connectivity index is 2.08. The van der Waals surface area contributed by atoms with Crippen LogP contribution in [0.2, 0.25) is 15.2 Å². The zero-order valence-electron chi connectivity index (χ0n) is 12.4. The van der Waals surface area contributed by atoms with E-state index in [-0.39, 0.29) is 20.9 Å². The van der Waals surface area contributed by atoms with Crippen LogP contribution in [0.3, 0.4) is 0 Å². The predicted molar refractivity (Wildman–Crippen MR) is 99.7 cm³/mol. The van der Waals surface area contributed by atoms with Gasteiger partial charge in [0.15, 0.2) is 5.82 Å². The van der Waals surface area contributed by atoms with Crippen molar-refractivity contribution in [2.24, 2.45) is 0 Å². The van der Waals surface area contributed by atoms with Crippen molar-refractivity contribution in [2.75, 3.05) is 4.72 Å². The molecule has 128 valence electrons. The summed E-state index contributed by atoms with van der Waals surface area (Å²) in [4.78, 5) is 7.87. The highest BCUT2D eigenvalue weighted by molar-refractivity contribution is 7.92. The molecule has 0 unspecified atom stereocenters. The number of nitrogens with one attached hydrogen (secondary N) is 1. The van der Waals surface area contributed by atoms with Crippen LogP contribution >= 0.6 is 34.8 Å². The van der Waals surface area contributed by atoms with Gasteiger partial charge in [0.1, 0.15) is 16.4 Å². The zero-order valence-corrected chi connectivity index (χ0v) is 15.5. The largest absolute Gasteiger partial charge is 0.264 e. The molecule has 0 spiro atoms. The molecule has 0 aliphatic heterocycles. The Morgan fingerprint density at radius 1 is 0.880 bits per heavy atom. The first-order valence-electron chi connectivity index (χ1n) is 6.92. The SMILES string of the molecule is O=S(=O)(Nc1ncnc(Cl)c1-c1ccc(Cl)cc1)c1ccccc1Cl. The maximum atomic E-state index is 12.7. The van der Waals surface area contributed by atoms with Crippen LogP contribution in [0.15, 0.2) is 59.8 Å². The number of hydrogen-bond acceptors (Lipinski definition) is 4. The minimum atomic E-state index is -3.96. The molecule has 0 fully saturated rings. The molecule has 0 atom stereocenters. The fraction of sp³-hybridized carbons (Fsp3) is 0. The Bertz CT molecular complexity index is 1030. The number of hydrogen-bond donors (Lipinski definition) is 1. The van der Waals surface area contributed by atoms with Gasteiger partial charge in [-0.2, -0.15) is 0 Å². The summed E-state index contributed by atoms with van der Waals surface area (Å²) in [5.41, 5.74) is 0.961. The Kier molecular flexibility index (Phi) is 5.15.